The highest BCUT2D eigenvalue weighted by Crippen LogP contribution is 2.33. The van der Waals surface area contributed by atoms with Gasteiger partial charge in [0.05, 0.1) is 25.0 Å². The molecule has 20 heavy (non-hydrogen) atoms. The van der Waals surface area contributed by atoms with Gasteiger partial charge in [-0.2, -0.15) is 0 Å². The summed E-state index contributed by atoms with van der Waals surface area (Å²) in [5, 5.41) is 0. The smallest absolute Gasteiger partial charge is 0.338 e. The second-order valence-electron chi connectivity index (χ2n) is 4.13. The number of esters is 1. The highest BCUT2D eigenvalue weighted by molar-refractivity contribution is 5.94. The van der Waals surface area contributed by atoms with E-state index in [1.807, 2.05) is 6.92 Å². The van der Waals surface area contributed by atoms with Gasteiger partial charge in [0.25, 0.3) is 0 Å². The molecule has 2 aromatic rings. The Morgan fingerprint density at radius 3 is 2.70 bits per heavy atom. The van der Waals surface area contributed by atoms with Crippen molar-refractivity contribution in [1.82, 2.24) is 9.97 Å². The fourth-order valence-electron chi connectivity index (χ4n) is 2.04. The summed E-state index contributed by atoms with van der Waals surface area (Å²) in [4.78, 5) is 20.1. The standard InChI is InChI=1S/C15H16N2O3/c1-4-20-15(18)11-5-6-13(19-3)14(10(11)2)12-7-8-16-9-17-12/h5-9H,4H2,1-3H3. The minimum absolute atomic E-state index is 0.340. The molecule has 0 amide bonds. The third-order valence-corrected chi connectivity index (χ3v) is 2.98. The lowest BCUT2D eigenvalue weighted by atomic mass is 9.98. The zero-order valence-electron chi connectivity index (χ0n) is 11.7. The van der Waals surface area contributed by atoms with Crippen molar-refractivity contribution in [2.45, 2.75) is 13.8 Å². The van der Waals surface area contributed by atoms with Crippen LogP contribution in [0.4, 0.5) is 0 Å². The predicted octanol–water partition coefficient (Wildman–Crippen LogP) is 2.64. The first-order valence-electron chi connectivity index (χ1n) is 6.30. The highest BCUT2D eigenvalue weighted by Gasteiger charge is 2.18. The fraction of sp³-hybridized carbons (Fsp3) is 0.267. The molecule has 0 unspecified atom stereocenters. The van der Waals surface area contributed by atoms with Crippen LogP contribution in [-0.4, -0.2) is 29.7 Å². The van der Waals surface area contributed by atoms with Crippen LogP contribution in [0.15, 0.2) is 30.7 Å². The molecule has 1 aromatic carbocycles. The third kappa shape index (κ3) is 2.61. The van der Waals surface area contributed by atoms with Crippen LogP contribution >= 0.6 is 0 Å². The third-order valence-electron chi connectivity index (χ3n) is 2.98. The van der Waals surface area contributed by atoms with E-state index in [4.69, 9.17) is 9.47 Å². The molecule has 104 valence electrons. The average molecular weight is 272 g/mol. The van der Waals surface area contributed by atoms with Crippen molar-refractivity contribution < 1.29 is 14.3 Å². The highest BCUT2D eigenvalue weighted by atomic mass is 16.5. The van der Waals surface area contributed by atoms with Crippen LogP contribution in [-0.2, 0) is 4.74 Å². The molecule has 5 nitrogen and oxygen atoms in total. The zero-order chi connectivity index (χ0) is 14.5. The van der Waals surface area contributed by atoms with Gasteiger partial charge in [-0.3, -0.25) is 0 Å². The molecule has 0 N–H and O–H groups in total. The Morgan fingerprint density at radius 1 is 1.30 bits per heavy atom. The molecule has 1 heterocycles. The molecular formula is C15H16N2O3. The summed E-state index contributed by atoms with van der Waals surface area (Å²) in [6, 6.07) is 5.23. The van der Waals surface area contributed by atoms with Gasteiger partial charge in [-0.15, -0.1) is 0 Å². The van der Waals surface area contributed by atoms with Crippen molar-refractivity contribution in [3.8, 4) is 17.0 Å². The van der Waals surface area contributed by atoms with Crippen LogP contribution in [0.5, 0.6) is 5.75 Å². The normalized spacial score (nSPS) is 10.2. The minimum Gasteiger partial charge on any atom is -0.496 e. The van der Waals surface area contributed by atoms with Gasteiger partial charge in [0, 0.05) is 11.8 Å². The summed E-state index contributed by atoms with van der Waals surface area (Å²) in [5.41, 5.74) is 2.78. The van der Waals surface area contributed by atoms with Crippen LogP contribution < -0.4 is 4.74 Å². The number of aromatic nitrogens is 2. The second-order valence-corrected chi connectivity index (χ2v) is 4.13. The van der Waals surface area contributed by atoms with Crippen LogP contribution in [0.1, 0.15) is 22.8 Å². The molecule has 0 bridgehead atoms. The molecule has 0 fully saturated rings. The lowest BCUT2D eigenvalue weighted by Crippen LogP contribution is -2.08. The van der Waals surface area contributed by atoms with E-state index in [0.717, 1.165) is 11.1 Å². The molecule has 0 saturated heterocycles. The van der Waals surface area contributed by atoms with Gasteiger partial charge in [-0.25, -0.2) is 14.8 Å². The van der Waals surface area contributed by atoms with Crippen molar-refractivity contribution in [3.05, 3.63) is 41.9 Å². The van der Waals surface area contributed by atoms with E-state index in [1.165, 1.54) is 6.33 Å². The quantitative estimate of drug-likeness (QED) is 0.801. The van der Waals surface area contributed by atoms with Crippen molar-refractivity contribution in [1.29, 1.82) is 0 Å². The number of ether oxygens (including phenoxy) is 2. The Balaban J connectivity index is 2.59. The first-order valence-corrected chi connectivity index (χ1v) is 6.30. The van der Waals surface area contributed by atoms with Gasteiger partial charge < -0.3 is 9.47 Å². The van der Waals surface area contributed by atoms with Crippen molar-refractivity contribution in [2.75, 3.05) is 13.7 Å². The van der Waals surface area contributed by atoms with Crippen LogP contribution in [0, 0.1) is 6.92 Å². The number of nitrogens with zero attached hydrogens (tertiary/aromatic N) is 2. The van der Waals surface area contributed by atoms with E-state index in [0.29, 0.717) is 23.6 Å². The lowest BCUT2D eigenvalue weighted by Gasteiger charge is -2.14. The van der Waals surface area contributed by atoms with E-state index in [1.54, 1.807) is 38.4 Å². The number of hydrogen-bond acceptors (Lipinski definition) is 5. The van der Waals surface area contributed by atoms with Crippen LogP contribution in [0.2, 0.25) is 0 Å². The van der Waals surface area contributed by atoms with E-state index < -0.39 is 0 Å². The Hall–Kier alpha value is -2.43. The van der Waals surface area contributed by atoms with Gasteiger partial charge in [0.2, 0.25) is 0 Å². The summed E-state index contributed by atoms with van der Waals surface area (Å²) in [7, 11) is 1.59. The molecule has 0 radical (unpaired) electrons. The molecule has 0 saturated carbocycles. The largest absolute Gasteiger partial charge is 0.496 e. The van der Waals surface area contributed by atoms with Crippen molar-refractivity contribution in [3.63, 3.8) is 0 Å². The summed E-state index contributed by atoms with van der Waals surface area (Å²) >= 11 is 0. The van der Waals surface area contributed by atoms with E-state index in [2.05, 4.69) is 9.97 Å². The maximum absolute atomic E-state index is 12.0. The first-order chi connectivity index (χ1) is 9.69. The predicted molar refractivity (Wildman–Crippen MR) is 74.7 cm³/mol. The van der Waals surface area contributed by atoms with Crippen LogP contribution in [0.3, 0.4) is 0 Å². The van der Waals surface area contributed by atoms with Crippen molar-refractivity contribution in [2.24, 2.45) is 0 Å². The molecule has 0 spiro atoms. The van der Waals surface area contributed by atoms with Gasteiger partial charge in [-0.05, 0) is 37.6 Å². The first kappa shape index (κ1) is 14.0. The monoisotopic (exact) mass is 272 g/mol. The Bertz CT molecular complexity index is 612. The summed E-state index contributed by atoms with van der Waals surface area (Å²) < 4.78 is 10.4. The molecular weight excluding hydrogens is 256 g/mol. The van der Waals surface area contributed by atoms with Gasteiger partial charge >= 0.3 is 5.97 Å². The Kier molecular flexibility index (Phi) is 4.30. The lowest BCUT2D eigenvalue weighted by molar-refractivity contribution is 0.0525. The molecule has 5 heteroatoms. The molecule has 0 atom stereocenters. The number of rotatable bonds is 4. The van der Waals surface area contributed by atoms with Crippen molar-refractivity contribution >= 4 is 5.97 Å². The SMILES string of the molecule is CCOC(=O)c1ccc(OC)c(-c2ccncn2)c1C. The van der Waals surface area contributed by atoms with Gasteiger partial charge in [0.1, 0.15) is 12.1 Å². The second kappa shape index (κ2) is 6.14. The minimum atomic E-state index is -0.344. The number of methoxy groups -OCH3 is 1. The average Bonchev–Trinajstić information content (AvgIpc) is 2.47. The maximum Gasteiger partial charge on any atom is 0.338 e. The van der Waals surface area contributed by atoms with E-state index >= 15 is 0 Å². The summed E-state index contributed by atoms with van der Waals surface area (Å²) in [6.45, 7) is 3.97. The zero-order valence-corrected chi connectivity index (χ0v) is 11.7. The molecule has 2 rings (SSSR count). The Labute approximate surface area is 117 Å². The van der Waals surface area contributed by atoms with E-state index in [9.17, 15) is 4.79 Å². The Morgan fingerprint density at radius 2 is 2.10 bits per heavy atom. The van der Waals surface area contributed by atoms with E-state index in [-0.39, 0.29) is 5.97 Å². The molecule has 0 aliphatic rings. The number of hydrogen-bond donors (Lipinski definition) is 0. The van der Waals surface area contributed by atoms with Gasteiger partial charge in [0.15, 0.2) is 0 Å². The number of carbonyl (C=O) groups excluding carboxylic acids is 1. The molecule has 1 aromatic heterocycles. The van der Waals surface area contributed by atoms with Crippen LogP contribution in [0.25, 0.3) is 11.3 Å². The molecule has 0 aliphatic carbocycles. The summed E-state index contributed by atoms with van der Waals surface area (Å²) in [6.07, 6.45) is 3.11. The fourth-order valence-corrected chi connectivity index (χ4v) is 2.04. The topological polar surface area (TPSA) is 61.3 Å². The number of carbonyl (C=O) groups is 1. The number of benzene rings is 1. The van der Waals surface area contributed by atoms with Gasteiger partial charge in [-0.1, -0.05) is 0 Å². The maximum atomic E-state index is 12.0. The summed E-state index contributed by atoms with van der Waals surface area (Å²) in [5.74, 6) is 0.317. The molecule has 0 aliphatic heterocycles.